The van der Waals surface area contributed by atoms with Gasteiger partial charge in [-0.15, -0.1) is 0 Å². The highest BCUT2D eigenvalue weighted by Gasteiger charge is 2.33. The largest absolute Gasteiger partial charge is 0.372 e. The Morgan fingerprint density at radius 3 is 2.38 bits per heavy atom. The van der Waals surface area contributed by atoms with Crippen LogP contribution in [0.25, 0.3) is 0 Å². The van der Waals surface area contributed by atoms with E-state index in [0.717, 1.165) is 24.5 Å². The molecule has 0 bridgehead atoms. The van der Waals surface area contributed by atoms with E-state index in [0.29, 0.717) is 5.92 Å². The summed E-state index contributed by atoms with van der Waals surface area (Å²) in [7, 11) is -3.99. The van der Waals surface area contributed by atoms with Crippen LogP contribution in [0.4, 0.5) is 11.4 Å². The Balaban J connectivity index is 1.97. The monoisotopic (exact) mass is 347 g/mol. The lowest BCUT2D eigenvalue weighted by atomic mass is 10.0. The van der Waals surface area contributed by atoms with Crippen molar-refractivity contribution in [1.29, 1.82) is 0 Å². The van der Waals surface area contributed by atoms with Crippen molar-refractivity contribution in [3.05, 3.63) is 64.2 Å². The molecule has 0 unspecified atom stereocenters. The fourth-order valence-corrected chi connectivity index (χ4v) is 3.23. The zero-order chi connectivity index (χ0) is 17.3. The maximum absolute atomic E-state index is 11.4. The van der Waals surface area contributed by atoms with Crippen molar-refractivity contribution in [2.75, 3.05) is 5.32 Å². The Hall–Kier alpha value is -2.45. The summed E-state index contributed by atoms with van der Waals surface area (Å²) < 4.78 is 22.8. The Bertz CT molecular complexity index is 864. The van der Waals surface area contributed by atoms with Crippen molar-refractivity contribution in [2.24, 2.45) is 11.1 Å². The molecule has 2 aromatic carbocycles. The first-order chi connectivity index (χ1) is 11.4. The lowest BCUT2D eigenvalue weighted by molar-refractivity contribution is -0.384. The van der Waals surface area contributed by atoms with Crippen molar-refractivity contribution in [1.82, 2.24) is 0 Å². The molecule has 3 rings (SSSR count). The van der Waals surface area contributed by atoms with Gasteiger partial charge in [0.1, 0.15) is 5.69 Å². The lowest BCUT2D eigenvalue weighted by Crippen LogP contribution is -2.15. The fraction of sp³-hybridized carbons (Fsp3) is 0.250. The lowest BCUT2D eigenvalue weighted by Gasteiger charge is -2.20. The average molecular weight is 347 g/mol. The summed E-state index contributed by atoms with van der Waals surface area (Å²) in [6.45, 7) is 0. The molecule has 2 aromatic rings. The number of anilines is 1. The van der Waals surface area contributed by atoms with E-state index in [-0.39, 0.29) is 22.3 Å². The Morgan fingerprint density at radius 1 is 1.17 bits per heavy atom. The minimum Gasteiger partial charge on any atom is -0.372 e. The van der Waals surface area contributed by atoms with Gasteiger partial charge in [0, 0.05) is 6.07 Å². The zero-order valence-electron chi connectivity index (χ0n) is 12.8. The van der Waals surface area contributed by atoms with Crippen LogP contribution in [0.15, 0.2) is 53.4 Å². The van der Waals surface area contributed by atoms with Crippen molar-refractivity contribution in [2.45, 2.75) is 23.8 Å². The minimum absolute atomic E-state index is 0.0507. The molecule has 0 radical (unpaired) electrons. The van der Waals surface area contributed by atoms with Gasteiger partial charge in [0.2, 0.25) is 10.0 Å². The molecule has 126 valence electrons. The number of sulfonamides is 1. The molecule has 1 fully saturated rings. The van der Waals surface area contributed by atoms with Crippen molar-refractivity contribution < 1.29 is 13.3 Å². The SMILES string of the molecule is NS(=O)(=O)c1ccc(N[C@H](c2ccccc2)C2CC2)c([N+](=O)[O-])c1. The van der Waals surface area contributed by atoms with Crippen LogP contribution in [0.5, 0.6) is 0 Å². The molecule has 1 atom stereocenters. The third-order valence-corrected chi connectivity index (χ3v) is 4.97. The highest BCUT2D eigenvalue weighted by molar-refractivity contribution is 7.89. The summed E-state index contributed by atoms with van der Waals surface area (Å²) in [5, 5.41) is 19.6. The van der Waals surface area contributed by atoms with Gasteiger partial charge in [0.05, 0.1) is 15.9 Å². The topological polar surface area (TPSA) is 115 Å². The number of hydrogen-bond donors (Lipinski definition) is 2. The van der Waals surface area contributed by atoms with Crippen LogP contribution < -0.4 is 10.5 Å². The standard InChI is InChI=1S/C16H17N3O4S/c17-24(22,23)13-8-9-14(15(10-13)19(20)21)18-16(12-6-7-12)11-4-2-1-3-5-11/h1-5,8-10,12,16,18H,6-7H2,(H2,17,22,23)/t16-/m1/s1. The van der Waals surface area contributed by atoms with Crippen LogP contribution in [0, 0.1) is 16.0 Å². The molecule has 0 amide bonds. The van der Waals surface area contributed by atoms with Crippen molar-refractivity contribution in [3.8, 4) is 0 Å². The van der Waals surface area contributed by atoms with Crippen LogP contribution in [0.3, 0.4) is 0 Å². The second-order valence-electron chi connectivity index (χ2n) is 5.85. The molecular weight excluding hydrogens is 330 g/mol. The average Bonchev–Trinajstić information content (AvgIpc) is 3.37. The number of hydrogen-bond acceptors (Lipinski definition) is 5. The van der Waals surface area contributed by atoms with Gasteiger partial charge >= 0.3 is 0 Å². The van der Waals surface area contributed by atoms with Gasteiger partial charge in [-0.2, -0.15) is 0 Å². The van der Waals surface area contributed by atoms with Gasteiger partial charge < -0.3 is 5.32 Å². The normalized spacial score (nSPS) is 15.7. The number of nitrogens with zero attached hydrogens (tertiary/aromatic N) is 1. The van der Waals surface area contributed by atoms with Crippen molar-refractivity contribution >= 4 is 21.4 Å². The predicted octanol–water partition coefficient (Wildman–Crippen LogP) is 2.81. The number of primary sulfonamides is 1. The summed E-state index contributed by atoms with van der Waals surface area (Å²) in [5.41, 5.74) is 1.03. The maximum atomic E-state index is 11.4. The number of nitro benzene ring substituents is 1. The number of nitrogens with two attached hydrogens (primary N) is 1. The first-order valence-corrected chi connectivity index (χ1v) is 9.03. The van der Waals surface area contributed by atoms with Gasteiger partial charge in [-0.05, 0) is 36.5 Å². The molecule has 0 aromatic heterocycles. The number of benzene rings is 2. The van der Waals surface area contributed by atoms with Crippen LogP contribution in [0.2, 0.25) is 0 Å². The number of nitro groups is 1. The van der Waals surface area contributed by atoms with Gasteiger partial charge in [-0.1, -0.05) is 30.3 Å². The van der Waals surface area contributed by atoms with Gasteiger partial charge in [-0.3, -0.25) is 10.1 Å². The second kappa shape index (κ2) is 6.21. The molecule has 0 spiro atoms. The van der Waals surface area contributed by atoms with E-state index >= 15 is 0 Å². The Kier molecular flexibility index (Phi) is 4.25. The van der Waals surface area contributed by atoms with Crippen LogP contribution in [-0.2, 0) is 10.0 Å². The van der Waals surface area contributed by atoms with E-state index in [2.05, 4.69) is 5.32 Å². The van der Waals surface area contributed by atoms with E-state index in [1.807, 2.05) is 30.3 Å². The predicted molar refractivity (Wildman–Crippen MR) is 90.0 cm³/mol. The summed E-state index contributed by atoms with van der Waals surface area (Å²) in [6.07, 6.45) is 2.10. The van der Waals surface area contributed by atoms with Crippen LogP contribution in [0.1, 0.15) is 24.4 Å². The van der Waals surface area contributed by atoms with Gasteiger partial charge in [-0.25, -0.2) is 13.6 Å². The van der Waals surface area contributed by atoms with E-state index in [9.17, 15) is 18.5 Å². The number of rotatable bonds is 6. The molecule has 1 aliphatic rings. The van der Waals surface area contributed by atoms with E-state index in [4.69, 9.17) is 5.14 Å². The highest BCUT2D eigenvalue weighted by atomic mass is 32.2. The van der Waals surface area contributed by atoms with Crippen LogP contribution >= 0.6 is 0 Å². The molecule has 24 heavy (non-hydrogen) atoms. The van der Waals surface area contributed by atoms with Crippen molar-refractivity contribution in [3.63, 3.8) is 0 Å². The van der Waals surface area contributed by atoms with E-state index in [1.165, 1.54) is 12.1 Å². The molecule has 1 saturated carbocycles. The quantitative estimate of drug-likeness (QED) is 0.616. The molecular formula is C16H17N3O4S. The second-order valence-corrected chi connectivity index (χ2v) is 7.41. The van der Waals surface area contributed by atoms with Gasteiger partial charge in [0.25, 0.3) is 5.69 Å². The molecule has 0 saturated heterocycles. The fourth-order valence-electron chi connectivity index (χ4n) is 2.69. The third-order valence-electron chi connectivity index (χ3n) is 4.06. The Labute approximate surface area is 139 Å². The molecule has 1 aliphatic carbocycles. The summed E-state index contributed by atoms with van der Waals surface area (Å²) >= 11 is 0. The smallest absolute Gasteiger partial charge is 0.293 e. The minimum atomic E-state index is -3.99. The van der Waals surface area contributed by atoms with Gasteiger partial charge in [0.15, 0.2) is 0 Å². The molecule has 3 N–H and O–H groups in total. The number of nitrogens with one attached hydrogen (secondary N) is 1. The maximum Gasteiger partial charge on any atom is 0.293 e. The molecule has 8 heteroatoms. The van der Waals surface area contributed by atoms with E-state index < -0.39 is 14.9 Å². The Morgan fingerprint density at radius 2 is 1.83 bits per heavy atom. The summed E-state index contributed by atoms with van der Waals surface area (Å²) in [6, 6.07) is 13.3. The molecule has 7 nitrogen and oxygen atoms in total. The van der Waals surface area contributed by atoms with Crippen LogP contribution in [-0.4, -0.2) is 13.3 Å². The first-order valence-electron chi connectivity index (χ1n) is 7.49. The highest BCUT2D eigenvalue weighted by Crippen LogP contribution is 2.44. The summed E-state index contributed by atoms with van der Waals surface area (Å²) in [4.78, 5) is 10.5. The van der Waals surface area contributed by atoms with E-state index in [1.54, 1.807) is 0 Å². The summed E-state index contributed by atoms with van der Waals surface area (Å²) in [5.74, 6) is 0.407. The molecule has 0 heterocycles. The third kappa shape index (κ3) is 3.55. The zero-order valence-corrected chi connectivity index (χ0v) is 13.6. The first kappa shape index (κ1) is 16.4. The molecule has 0 aliphatic heterocycles.